The minimum absolute atomic E-state index is 0.0316. The number of rotatable bonds is 40. The fraction of sp³-hybridized carbons (Fsp3) is 0.474. The first-order chi connectivity index (χ1) is 44.5. The van der Waals surface area contributed by atoms with Crippen molar-refractivity contribution >= 4 is 106 Å². The molecule has 2 aromatic carbocycles. The molecule has 12 N–H and O–H groups in total. The molecule has 1 saturated heterocycles. The van der Waals surface area contributed by atoms with Crippen molar-refractivity contribution in [2.45, 2.75) is 88.9 Å². The van der Waals surface area contributed by atoms with Gasteiger partial charge in [-0.3, -0.25) is 23.7 Å². The number of urea groups is 1. The number of hydrogen-bond acceptors (Lipinski definition) is 24. The Labute approximate surface area is 555 Å². The Bertz CT molecular complexity index is 3840. The predicted molar refractivity (Wildman–Crippen MR) is 356 cm³/mol. The summed E-state index contributed by atoms with van der Waals surface area (Å²) < 4.78 is 88.6. The number of nitrogens with zero attached hydrogens (tertiary/aromatic N) is 1. The molecule has 1 aliphatic carbocycles. The van der Waals surface area contributed by atoms with Crippen molar-refractivity contribution in [1.82, 2.24) is 25.5 Å². The van der Waals surface area contributed by atoms with Crippen LogP contribution in [-0.2, 0) is 80.7 Å². The number of carbonyl (C=O) groups is 3. The zero-order chi connectivity index (χ0) is 68.6. The van der Waals surface area contributed by atoms with E-state index in [2.05, 4.69) is 61.8 Å². The number of hydrogen-bond donors (Lipinski definition) is 11. The lowest BCUT2D eigenvalue weighted by molar-refractivity contribution is -0.144. The molecule has 0 radical (unpaired) electrons. The maximum absolute atomic E-state index is 12.9. The molecular weight excluding hydrogens is 1370 g/mol. The summed E-state index contributed by atoms with van der Waals surface area (Å²) in [5, 5.41) is 27.8. The number of phosphoric acid groups is 3. The van der Waals surface area contributed by atoms with Gasteiger partial charge in [-0.1, -0.05) is 62.5 Å². The first kappa shape index (κ1) is 77.4. The highest BCUT2D eigenvalue weighted by molar-refractivity contribution is 8.77. The summed E-state index contributed by atoms with van der Waals surface area (Å²) in [6, 6.07) is 14.6. The molecule has 94 heavy (non-hydrogen) atoms. The Hall–Kier alpha value is -5.60. The number of H-pyrrole nitrogens is 1. The molecule has 37 heteroatoms. The lowest BCUT2D eigenvalue weighted by Crippen LogP contribution is -2.36. The Morgan fingerprint density at radius 2 is 1.66 bits per heavy atom. The number of phosphoric ester groups is 1. The molecule has 1 aromatic heterocycles. The maximum atomic E-state index is 12.9. The van der Waals surface area contributed by atoms with E-state index in [-0.39, 0.29) is 59.1 Å². The second-order valence-electron chi connectivity index (χ2n) is 21.2. The smallest absolute Gasteiger partial charge is 0.478 e. The predicted octanol–water partition coefficient (Wildman–Crippen LogP) is 6.85. The van der Waals surface area contributed by atoms with E-state index in [1.807, 2.05) is 6.92 Å². The number of aromatic nitrogens is 2. The van der Waals surface area contributed by atoms with Crippen LogP contribution >= 0.6 is 45.1 Å². The third kappa shape index (κ3) is 26.1. The van der Waals surface area contributed by atoms with Gasteiger partial charge in [0.2, 0.25) is 0 Å². The average Bonchev–Trinajstić information content (AvgIpc) is 0.871. The van der Waals surface area contributed by atoms with Gasteiger partial charge in [0.1, 0.15) is 35.2 Å². The van der Waals surface area contributed by atoms with Crippen molar-refractivity contribution in [3.05, 3.63) is 110 Å². The summed E-state index contributed by atoms with van der Waals surface area (Å²) in [5.41, 5.74) is 8.10. The zero-order valence-corrected chi connectivity index (χ0v) is 57.4. The molecule has 6 rings (SSSR count). The van der Waals surface area contributed by atoms with Crippen LogP contribution in [0, 0.1) is 17.3 Å². The number of esters is 1. The van der Waals surface area contributed by atoms with E-state index in [0.717, 1.165) is 23.6 Å². The lowest BCUT2D eigenvalue weighted by Gasteiger charge is -2.22. The van der Waals surface area contributed by atoms with Gasteiger partial charge < -0.3 is 84.6 Å². The van der Waals surface area contributed by atoms with Crippen molar-refractivity contribution in [1.29, 1.82) is 5.41 Å². The van der Waals surface area contributed by atoms with Crippen molar-refractivity contribution in [3.8, 4) is 34.3 Å². The molecule has 2 amide bonds. The molecule has 516 valence electrons. The summed E-state index contributed by atoms with van der Waals surface area (Å²) in [4.78, 5) is 102. The largest absolute Gasteiger partial charge is 0.490 e. The summed E-state index contributed by atoms with van der Waals surface area (Å²) in [5.74, 6) is 5.29. The molecular formula is C57H76N7O23P3S4. The molecule has 3 aliphatic rings. The number of nitrogens with two attached hydrogens (primary N) is 1. The molecule has 3 aromatic rings. The van der Waals surface area contributed by atoms with Gasteiger partial charge in [-0.2, -0.15) is 8.62 Å². The molecule has 0 saturated carbocycles. The minimum atomic E-state index is -5.80. The van der Waals surface area contributed by atoms with Gasteiger partial charge >= 0.3 is 47.1 Å². The summed E-state index contributed by atoms with van der Waals surface area (Å²) in [6.45, 7) is 12.0. The van der Waals surface area contributed by atoms with Crippen LogP contribution in [0.4, 0.5) is 10.5 Å². The summed E-state index contributed by atoms with van der Waals surface area (Å²) >= 11 is 5.32. The van der Waals surface area contributed by atoms with Gasteiger partial charge in [-0.15, -0.1) is 0 Å². The molecule has 4 unspecified atom stereocenters. The van der Waals surface area contributed by atoms with E-state index in [1.54, 1.807) is 76.2 Å². The standard InChI is InChI=1S/C57H76N7O23P3S4/c1-5-94(91)36-82-48-32-50(85-49(48)34-83-89(74,75)87-90(76,77)86-88(71,72)73)64-33-39(53(66)63-56(64)70)11-9-21-62-55(69)61-20-7-6-8-23-80-35-92-93-57(3,4)19-25-81-51(65)12-10-24-78-27-28-79-26-22-60-37(2)38-13-16-42(54(67)68)45(29-38)52-43-17-14-40(58)30-46(43)84-47-31-41(59)15-18-44(47)52/h13-18,29-31,33,48-50,58,60H,2,5-8,10,12,19-28,32,34-36,59H2,1,3-4H3,(H,67,68)(H,74,75)(H,76,77)(H2,61,62,69)(H,63,66,70)(H2,71,72,73)/t48?,49-,50-,94?/m1/s1. The number of carbonyl (C=O) groups excluding carboxylic acids is 2. The van der Waals surface area contributed by atoms with Gasteiger partial charge in [0.15, 0.2) is 0 Å². The number of benzene rings is 3. The van der Waals surface area contributed by atoms with E-state index in [9.17, 15) is 52.6 Å². The van der Waals surface area contributed by atoms with Crippen molar-refractivity contribution in [3.63, 3.8) is 0 Å². The summed E-state index contributed by atoms with van der Waals surface area (Å²) in [7, 11) is -14.4. The quantitative estimate of drug-likeness (QED) is 0.00279. The number of aromatic carboxylic acids is 1. The van der Waals surface area contributed by atoms with E-state index in [0.29, 0.717) is 127 Å². The molecule has 3 heterocycles. The topological polar surface area (TPSA) is 441 Å². The van der Waals surface area contributed by atoms with Crippen molar-refractivity contribution < 1.29 is 98.7 Å². The van der Waals surface area contributed by atoms with Gasteiger partial charge in [0, 0.05) is 90.1 Å². The molecule has 0 spiro atoms. The van der Waals surface area contributed by atoms with Crippen LogP contribution in [0.1, 0.15) is 93.4 Å². The van der Waals surface area contributed by atoms with Crippen LogP contribution in [0.3, 0.4) is 0 Å². The Balaban J connectivity index is 0.771. The van der Waals surface area contributed by atoms with Gasteiger partial charge in [0.25, 0.3) is 5.56 Å². The number of aromatic amines is 1. The fourth-order valence-electron chi connectivity index (χ4n) is 8.88. The summed E-state index contributed by atoms with van der Waals surface area (Å²) in [6.07, 6.45) is 1.17. The van der Waals surface area contributed by atoms with Crippen molar-refractivity contribution in [2.24, 2.45) is 0 Å². The minimum Gasteiger partial charge on any atom is -0.478 e. The third-order valence-electron chi connectivity index (χ3n) is 13.4. The highest BCUT2D eigenvalue weighted by Gasteiger charge is 2.44. The molecule has 0 bridgehead atoms. The van der Waals surface area contributed by atoms with Crippen LogP contribution in [0.2, 0.25) is 0 Å². The third-order valence-corrected chi connectivity index (χ3v) is 22.3. The first-order valence-electron chi connectivity index (χ1n) is 29.1. The zero-order valence-electron chi connectivity index (χ0n) is 51.4. The number of anilines is 1. The van der Waals surface area contributed by atoms with Crippen LogP contribution in [0.5, 0.6) is 0 Å². The fourth-order valence-corrected chi connectivity index (χ4v) is 14.8. The number of unbranched alkanes of at least 4 members (excludes halogenated alkanes) is 2. The Kier molecular flexibility index (Phi) is 30.6. The molecule has 2 aliphatic heterocycles. The Morgan fingerprint density at radius 3 is 2.40 bits per heavy atom. The average molecular weight is 1450 g/mol. The van der Waals surface area contributed by atoms with Gasteiger partial charge in [0.05, 0.1) is 62.5 Å². The monoisotopic (exact) mass is 1450 g/mol. The maximum Gasteiger partial charge on any atom is 0.490 e. The highest BCUT2D eigenvalue weighted by atomic mass is 33.1. The normalized spacial score (nSPS) is 16.6. The second-order valence-corrected chi connectivity index (χ2v) is 31.7. The lowest BCUT2D eigenvalue weighted by atomic mass is 9.89. The van der Waals surface area contributed by atoms with Gasteiger partial charge in [-0.25, -0.2) is 28.1 Å². The highest BCUT2D eigenvalue weighted by Crippen LogP contribution is 2.66. The van der Waals surface area contributed by atoms with E-state index >= 15 is 0 Å². The number of carboxylic acids is 1. The molecule has 6 atom stereocenters. The first-order valence-corrected chi connectivity index (χ1v) is 38.4. The van der Waals surface area contributed by atoms with E-state index in [1.165, 1.54) is 0 Å². The SMILES string of the molecule is C=C(NCCOCCOCCCC(=O)OCCC(C)(C)SSCOCCCCCNC(=O)NCC#Cc1cn([C@H]2CC(OCS(=S)CC)[C@@H](COP(=O)(O)OP(=O)(O)OP(=O)(O)O)O2)c(=O)[nH]c1=O)c1ccc(C(=O)O)c(-c2c3ccc(=N)cc-3oc3cc(N)ccc23)c1. The second kappa shape index (κ2) is 37.2. The van der Waals surface area contributed by atoms with Crippen LogP contribution < -0.4 is 38.3 Å². The van der Waals surface area contributed by atoms with Crippen LogP contribution in [0.25, 0.3) is 39.1 Å². The van der Waals surface area contributed by atoms with Crippen molar-refractivity contribution in [2.75, 3.05) is 89.2 Å². The molecule has 1 fully saturated rings. The van der Waals surface area contributed by atoms with E-state index < -0.39 is 81.2 Å². The molecule has 30 nitrogen and oxygen atoms in total. The number of nitrogens with one attached hydrogen (secondary N) is 5. The number of carboxylic acid groups (broad SMARTS) is 1. The number of fused-ring (bicyclic) bond motifs is 2. The van der Waals surface area contributed by atoms with Gasteiger partial charge in [-0.05, 0) is 110 Å². The number of amides is 2. The number of nitrogen functional groups attached to an aromatic ring is 1. The number of ether oxygens (including phenoxy) is 6. The van der Waals surface area contributed by atoms with Crippen LogP contribution in [-0.4, -0.2) is 153 Å². The van der Waals surface area contributed by atoms with Crippen LogP contribution in [0.15, 0.2) is 81.4 Å². The van der Waals surface area contributed by atoms with E-state index in [4.69, 9.17) is 69.5 Å². The Morgan fingerprint density at radius 1 is 0.904 bits per heavy atom.